The van der Waals surface area contributed by atoms with Gasteiger partial charge in [-0.2, -0.15) is 0 Å². The van der Waals surface area contributed by atoms with Crippen LogP contribution in [0.15, 0.2) is 48.0 Å². The number of morpholine rings is 1. The van der Waals surface area contributed by atoms with Gasteiger partial charge in [0.15, 0.2) is 11.5 Å². The summed E-state index contributed by atoms with van der Waals surface area (Å²) in [6.45, 7) is 6.37. The van der Waals surface area contributed by atoms with Crippen molar-refractivity contribution >= 4 is 17.4 Å². The van der Waals surface area contributed by atoms with Crippen LogP contribution >= 0.6 is 0 Å². The molecule has 9 heteroatoms. The molecule has 0 aliphatic carbocycles. The summed E-state index contributed by atoms with van der Waals surface area (Å²) in [6, 6.07) is 9.53. The number of aliphatic hydroxyl groups is 1. The minimum atomic E-state index is -0.829. The number of hydrogen-bond acceptors (Lipinski definition) is 7. The highest BCUT2D eigenvalue weighted by molar-refractivity contribution is 6.46. The van der Waals surface area contributed by atoms with Crippen LogP contribution in [0, 0.1) is 5.82 Å². The molecule has 4 rings (SSSR count). The van der Waals surface area contributed by atoms with E-state index < -0.39 is 23.5 Å². The molecule has 0 saturated carbocycles. The second-order valence-electron chi connectivity index (χ2n) is 8.65. The third-order valence-corrected chi connectivity index (χ3v) is 6.44. The number of carbonyl (C=O) groups excluding carboxylic acids is 2. The highest BCUT2D eigenvalue weighted by Crippen LogP contribution is 2.42. The third-order valence-electron chi connectivity index (χ3n) is 6.44. The minimum Gasteiger partial charge on any atom is -0.507 e. The number of ketones is 1. The summed E-state index contributed by atoms with van der Waals surface area (Å²) in [4.78, 5) is 30.1. The molecule has 1 amide bonds. The van der Waals surface area contributed by atoms with Gasteiger partial charge < -0.3 is 24.2 Å². The Kier molecular flexibility index (Phi) is 8.22. The molecule has 0 aromatic heterocycles. The molecule has 36 heavy (non-hydrogen) atoms. The normalized spacial score (nSPS) is 20.1. The first kappa shape index (κ1) is 25.7. The van der Waals surface area contributed by atoms with Gasteiger partial charge in [-0.05, 0) is 55.3 Å². The number of rotatable bonds is 9. The Morgan fingerprint density at radius 2 is 1.81 bits per heavy atom. The first-order chi connectivity index (χ1) is 17.4. The maximum atomic E-state index is 13.5. The molecule has 8 nitrogen and oxygen atoms in total. The highest BCUT2D eigenvalue weighted by Gasteiger charge is 2.46. The van der Waals surface area contributed by atoms with Gasteiger partial charge in [-0.1, -0.05) is 6.07 Å². The van der Waals surface area contributed by atoms with Crippen molar-refractivity contribution in [2.24, 2.45) is 0 Å². The molecule has 0 unspecified atom stereocenters. The summed E-state index contributed by atoms with van der Waals surface area (Å²) < 4.78 is 30.0. The number of amides is 1. The number of ether oxygens (including phenoxy) is 3. The second kappa shape index (κ2) is 11.5. The van der Waals surface area contributed by atoms with Crippen molar-refractivity contribution in [2.45, 2.75) is 19.4 Å². The lowest BCUT2D eigenvalue weighted by Gasteiger charge is -2.29. The summed E-state index contributed by atoms with van der Waals surface area (Å²) in [6.07, 6.45) is 0.647. The van der Waals surface area contributed by atoms with Crippen molar-refractivity contribution in [1.82, 2.24) is 9.80 Å². The number of methoxy groups -OCH3 is 1. The Morgan fingerprint density at radius 1 is 1.08 bits per heavy atom. The lowest BCUT2D eigenvalue weighted by atomic mass is 9.95. The van der Waals surface area contributed by atoms with Crippen molar-refractivity contribution < 1.29 is 33.3 Å². The molecule has 2 heterocycles. The van der Waals surface area contributed by atoms with E-state index in [1.54, 1.807) is 18.2 Å². The Labute approximate surface area is 209 Å². The van der Waals surface area contributed by atoms with Gasteiger partial charge in [0.1, 0.15) is 11.6 Å². The van der Waals surface area contributed by atoms with Crippen LogP contribution in [0.5, 0.6) is 11.5 Å². The molecule has 1 atom stereocenters. The smallest absolute Gasteiger partial charge is 0.295 e. The van der Waals surface area contributed by atoms with E-state index in [1.165, 1.54) is 36.3 Å². The van der Waals surface area contributed by atoms with Gasteiger partial charge in [0.2, 0.25) is 0 Å². The molecule has 2 fully saturated rings. The predicted octanol–water partition coefficient (Wildman–Crippen LogP) is 3.38. The van der Waals surface area contributed by atoms with Gasteiger partial charge in [-0.25, -0.2) is 4.39 Å². The summed E-state index contributed by atoms with van der Waals surface area (Å²) in [5, 5.41) is 11.1. The Bertz CT molecular complexity index is 1130. The van der Waals surface area contributed by atoms with E-state index in [1.807, 2.05) is 6.92 Å². The van der Waals surface area contributed by atoms with Crippen molar-refractivity contribution in [3.63, 3.8) is 0 Å². The lowest BCUT2D eigenvalue weighted by molar-refractivity contribution is -0.140. The van der Waals surface area contributed by atoms with Gasteiger partial charge in [0.25, 0.3) is 11.7 Å². The van der Waals surface area contributed by atoms with E-state index in [9.17, 15) is 19.1 Å². The average Bonchev–Trinajstić information content (AvgIpc) is 3.15. The van der Waals surface area contributed by atoms with E-state index in [-0.39, 0.29) is 16.9 Å². The molecule has 0 bridgehead atoms. The molecule has 1 N–H and O–H groups in total. The number of hydrogen-bond donors (Lipinski definition) is 1. The first-order valence-corrected chi connectivity index (χ1v) is 12.1. The van der Waals surface area contributed by atoms with E-state index >= 15 is 0 Å². The first-order valence-electron chi connectivity index (χ1n) is 12.1. The van der Waals surface area contributed by atoms with E-state index in [0.29, 0.717) is 49.8 Å². The van der Waals surface area contributed by atoms with Crippen LogP contribution < -0.4 is 9.47 Å². The number of likely N-dealkylation sites (tertiary alicyclic amines) is 1. The lowest BCUT2D eigenvalue weighted by Crippen LogP contribution is -2.39. The predicted molar refractivity (Wildman–Crippen MR) is 131 cm³/mol. The zero-order valence-corrected chi connectivity index (χ0v) is 20.5. The summed E-state index contributed by atoms with van der Waals surface area (Å²) in [5.41, 5.74) is 0.819. The summed E-state index contributed by atoms with van der Waals surface area (Å²) in [7, 11) is 1.51. The summed E-state index contributed by atoms with van der Waals surface area (Å²) >= 11 is 0. The molecule has 192 valence electrons. The Morgan fingerprint density at radius 3 is 2.47 bits per heavy atom. The Balaban J connectivity index is 1.71. The van der Waals surface area contributed by atoms with Crippen molar-refractivity contribution in [2.75, 3.05) is 53.1 Å². The fourth-order valence-corrected chi connectivity index (χ4v) is 4.64. The topological polar surface area (TPSA) is 88.5 Å². The number of benzene rings is 2. The maximum Gasteiger partial charge on any atom is 0.295 e. The number of Topliss-reactive ketones (excluding diaryl/α,β-unsaturated/α-hetero) is 1. The molecule has 2 aliphatic heterocycles. The molecule has 2 aliphatic rings. The third kappa shape index (κ3) is 5.37. The molecular formula is C27H31FN2O6. The van der Waals surface area contributed by atoms with Crippen LogP contribution in [0.2, 0.25) is 0 Å². The molecular weight excluding hydrogens is 467 g/mol. The van der Waals surface area contributed by atoms with E-state index in [4.69, 9.17) is 14.2 Å². The molecule has 2 aromatic carbocycles. The number of nitrogens with zero attached hydrogens (tertiary/aromatic N) is 2. The number of halogens is 1. The van der Waals surface area contributed by atoms with Gasteiger partial charge in [0, 0.05) is 31.7 Å². The molecule has 0 spiro atoms. The van der Waals surface area contributed by atoms with Crippen LogP contribution in [0.4, 0.5) is 4.39 Å². The average molecular weight is 499 g/mol. The van der Waals surface area contributed by atoms with E-state index in [0.717, 1.165) is 19.6 Å². The SMILES string of the molecule is CCOc1ccc([C@H]2/C(=C(\O)c3ccc(F)cc3)C(=O)C(=O)N2CCCN2CCOCC2)cc1OC. The van der Waals surface area contributed by atoms with Crippen LogP contribution in [-0.4, -0.2) is 79.7 Å². The zero-order valence-electron chi connectivity index (χ0n) is 20.5. The van der Waals surface area contributed by atoms with Gasteiger partial charge >= 0.3 is 0 Å². The number of aliphatic hydroxyl groups excluding tert-OH is 1. The van der Waals surface area contributed by atoms with Crippen molar-refractivity contribution in [3.8, 4) is 11.5 Å². The second-order valence-corrected chi connectivity index (χ2v) is 8.65. The van der Waals surface area contributed by atoms with Crippen molar-refractivity contribution in [1.29, 1.82) is 0 Å². The van der Waals surface area contributed by atoms with Crippen LogP contribution in [0.1, 0.15) is 30.5 Å². The highest BCUT2D eigenvalue weighted by atomic mass is 19.1. The number of carbonyl (C=O) groups is 2. The summed E-state index contributed by atoms with van der Waals surface area (Å²) in [5.74, 6) is -1.29. The maximum absolute atomic E-state index is 13.5. The molecule has 2 saturated heterocycles. The standard InChI is InChI=1S/C27H31FN2O6/c1-3-36-21-10-7-19(17-22(21)34-2)24-23(25(31)18-5-8-20(28)9-6-18)26(32)27(33)30(24)12-4-11-29-13-15-35-16-14-29/h5-10,17,24,31H,3-4,11-16H2,1-2H3/b25-23+/t24-/m0/s1. The van der Waals surface area contributed by atoms with Gasteiger partial charge in [-0.3, -0.25) is 14.5 Å². The van der Waals surface area contributed by atoms with Gasteiger partial charge in [0.05, 0.1) is 38.5 Å². The fraction of sp³-hybridized carbons (Fsp3) is 0.407. The van der Waals surface area contributed by atoms with Crippen LogP contribution in [0.3, 0.4) is 0 Å². The zero-order chi connectivity index (χ0) is 25.7. The van der Waals surface area contributed by atoms with Crippen LogP contribution in [0.25, 0.3) is 5.76 Å². The van der Waals surface area contributed by atoms with Crippen molar-refractivity contribution in [3.05, 3.63) is 65.0 Å². The largest absolute Gasteiger partial charge is 0.507 e. The van der Waals surface area contributed by atoms with E-state index in [2.05, 4.69) is 4.90 Å². The molecule has 0 radical (unpaired) electrons. The van der Waals surface area contributed by atoms with Gasteiger partial charge in [-0.15, -0.1) is 0 Å². The quantitative estimate of drug-likeness (QED) is 0.322. The fourth-order valence-electron chi connectivity index (χ4n) is 4.64. The Hall–Kier alpha value is -3.43. The minimum absolute atomic E-state index is 0.0378. The van der Waals surface area contributed by atoms with Crippen LogP contribution in [-0.2, 0) is 14.3 Å². The molecule has 2 aromatic rings. The monoisotopic (exact) mass is 498 g/mol.